The molecule has 0 bridgehead atoms. The lowest BCUT2D eigenvalue weighted by atomic mass is 10.2. The summed E-state index contributed by atoms with van der Waals surface area (Å²) >= 11 is 0. The fourth-order valence-corrected chi connectivity index (χ4v) is 1.28. The molecule has 0 N–H and O–H groups in total. The van der Waals surface area contributed by atoms with Crippen molar-refractivity contribution < 1.29 is 9.13 Å². The average Bonchev–Trinajstić information content (AvgIpc) is 2.38. The Morgan fingerprint density at radius 3 is 2.47 bits per heavy atom. The van der Waals surface area contributed by atoms with Gasteiger partial charge in [-0.15, -0.1) is 0 Å². The van der Waals surface area contributed by atoms with Crippen molar-refractivity contribution in [1.82, 2.24) is 4.98 Å². The number of rotatable bonds is 1. The van der Waals surface area contributed by atoms with E-state index in [4.69, 9.17) is 4.74 Å². The smallest absolute Gasteiger partial charge is 0.138 e. The van der Waals surface area contributed by atoms with Gasteiger partial charge in [-0.05, 0) is 30.3 Å². The van der Waals surface area contributed by atoms with Crippen LogP contribution in [-0.2, 0) is 0 Å². The molecule has 0 aliphatic carbocycles. The maximum Gasteiger partial charge on any atom is 0.138 e. The van der Waals surface area contributed by atoms with E-state index in [1.54, 1.807) is 37.7 Å². The van der Waals surface area contributed by atoms with Crippen LogP contribution in [0.4, 0.5) is 4.39 Å². The zero-order chi connectivity index (χ0) is 12.1. The Hall–Kier alpha value is -2.34. The van der Waals surface area contributed by atoms with E-state index in [1.807, 2.05) is 0 Å². The van der Waals surface area contributed by atoms with Crippen LogP contribution < -0.4 is 4.74 Å². The van der Waals surface area contributed by atoms with Gasteiger partial charge >= 0.3 is 0 Å². The molecule has 1 aromatic heterocycles. The van der Waals surface area contributed by atoms with Gasteiger partial charge in [-0.3, -0.25) is 4.98 Å². The highest BCUT2D eigenvalue weighted by Crippen LogP contribution is 2.09. The molecular formula is C14H10FNO. The van der Waals surface area contributed by atoms with Gasteiger partial charge in [0, 0.05) is 17.3 Å². The summed E-state index contributed by atoms with van der Waals surface area (Å²) in [6.45, 7) is 0. The molecule has 17 heavy (non-hydrogen) atoms. The molecule has 0 amide bonds. The van der Waals surface area contributed by atoms with Crippen LogP contribution in [-0.4, -0.2) is 12.1 Å². The first kappa shape index (κ1) is 11.2. The van der Waals surface area contributed by atoms with E-state index in [1.165, 1.54) is 12.1 Å². The Balaban J connectivity index is 2.23. The lowest BCUT2D eigenvalue weighted by Crippen LogP contribution is -1.85. The highest BCUT2D eigenvalue weighted by atomic mass is 19.1. The Morgan fingerprint density at radius 1 is 1.06 bits per heavy atom. The molecule has 0 aliphatic rings. The van der Waals surface area contributed by atoms with Crippen LogP contribution in [0.2, 0.25) is 0 Å². The van der Waals surface area contributed by atoms with E-state index in [-0.39, 0.29) is 5.82 Å². The lowest BCUT2D eigenvalue weighted by Gasteiger charge is -1.97. The molecule has 1 aromatic carbocycles. The molecule has 2 rings (SSSR count). The minimum atomic E-state index is -0.265. The van der Waals surface area contributed by atoms with Crippen LogP contribution in [0.25, 0.3) is 0 Å². The molecule has 0 fully saturated rings. The Morgan fingerprint density at radius 2 is 1.76 bits per heavy atom. The van der Waals surface area contributed by atoms with E-state index in [0.717, 1.165) is 11.1 Å². The lowest BCUT2D eigenvalue weighted by molar-refractivity contribution is 0.413. The third-order valence-corrected chi connectivity index (χ3v) is 2.14. The number of halogens is 1. The summed E-state index contributed by atoms with van der Waals surface area (Å²) in [7, 11) is 1.58. The summed E-state index contributed by atoms with van der Waals surface area (Å²) in [5.41, 5.74) is 1.52. The fraction of sp³-hybridized carbons (Fsp3) is 0.0714. The first-order valence-corrected chi connectivity index (χ1v) is 5.04. The number of hydrogen-bond acceptors (Lipinski definition) is 2. The van der Waals surface area contributed by atoms with Crippen molar-refractivity contribution in [3.63, 3.8) is 0 Å². The van der Waals surface area contributed by atoms with Gasteiger partial charge in [-0.1, -0.05) is 11.8 Å². The largest absolute Gasteiger partial charge is 0.495 e. The highest BCUT2D eigenvalue weighted by Gasteiger charge is 1.93. The van der Waals surface area contributed by atoms with Crippen LogP contribution in [0.5, 0.6) is 5.75 Å². The number of ether oxygens (including phenoxy) is 1. The van der Waals surface area contributed by atoms with Crippen molar-refractivity contribution in [1.29, 1.82) is 0 Å². The van der Waals surface area contributed by atoms with Gasteiger partial charge in [0.15, 0.2) is 0 Å². The molecule has 0 unspecified atom stereocenters. The molecular weight excluding hydrogens is 217 g/mol. The number of aromatic nitrogens is 1. The maximum atomic E-state index is 12.7. The summed E-state index contributed by atoms with van der Waals surface area (Å²) in [5.74, 6) is 6.27. The number of benzene rings is 1. The van der Waals surface area contributed by atoms with Gasteiger partial charge in [-0.2, -0.15) is 0 Å². The third-order valence-electron chi connectivity index (χ3n) is 2.14. The van der Waals surface area contributed by atoms with Gasteiger partial charge in [0.05, 0.1) is 13.3 Å². The van der Waals surface area contributed by atoms with Crippen LogP contribution in [0, 0.1) is 17.7 Å². The number of hydrogen-bond donors (Lipinski definition) is 0. The third kappa shape index (κ3) is 3.05. The van der Waals surface area contributed by atoms with Crippen molar-refractivity contribution >= 4 is 0 Å². The number of nitrogens with zero attached hydrogens (tertiary/aromatic N) is 1. The molecule has 1 heterocycles. The van der Waals surface area contributed by atoms with E-state index in [9.17, 15) is 4.39 Å². The second-order valence-corrected chi connectivity index (χ2v) is 3.37. The summed E-state index contributed by atoms with van der Waals surface area (Å²) in [5, 5.41) is 0. The molecule has 2 aromatic rings. The van der Waals surface area contributed by atoms with E-state index in [0.29, 0.717) is 5.75 Å². The van der Waals surface area contributed by atoms with Gasteiger partial charge in [0.1, 0.15) is 11.6 Å². The Bertz CT molecular complexity index is 567. The zero-order valence-electron chi connectivity index (χ0n) is 9.27. The summed E-state index contributed by atoms with van der Waals surface area (Å²) in [4.78, 5) is 3.99. The minimum Gasteiger partial charge on any atom is -0.495 e. The fourth-order valence-electron chi connectivity index (χ4n) is 1.28. The molecule has 0 radical (unpaired) electrons. The maximum absolute atomic E-state index is 12.7. The normalized spacial score (nSPS) is 9.29. The molecule has 0 atom stereocenters. The first-order chi connectivity index (χ1) is 8.28. The van der Waals surface area contributed by atoms with E-state index in [2.05, 4.69) is 16.8 Å². The van der Waals surface area contributed by atoms with Crippen LogP contribution in [0.3, 0.4) is 0 Å². The topological polar surface area (TPSA) is 22.1 Å². The Kier molecular flexibility index (Phi) is 3.37. The van der Waals surface area contributed by atoms with Crippen LogP contribution in [0.15, 0.2) is 42.7 Å². The molecule has 2 nitrogen and oxygen atoms in total. The van der Waals surface area contributed by atoms with E-state index >= 15 is 0 Å². The zero-order valence-corrected chi connectivity index (χ0v) is 9.27. The SMILES string of the molecule is COc1cncc(C#Cc2ccc(F)cc2)c1. The minimum absolute atomic E-state index is 0.265. The second kappa shape index (κ2) is 5.13. The van der Waals surface area contributed by atoms with E-state index < -0.39 is 0 Å². The van der Waals surface area contributed by atoms with Crippen molar-refractivity contribution in [2.75, 3.05) is 7.11 Å². The summed E-state index contributed by atoms with van der Waals surface area (Å²) in [6, 6.07) is 7.83. The molecule has 0 aliphatic heterocycles. The predicted molar refractivity (Wildman–Crippen MR) is 63.2 cm³/mol. The molecule has 3 heteroatoms. The van der Waals surface area contributed by atoms with Crippen molar-refractivity contribution in [3.05, 3.63) is 59.7 Å². The first-order valence-electron chi connectivity index (χ1n) is 5.04. The second-order valence-electron chi connectivity index (χ2n) is 3.37. The summed E-state index contributed by atoms with van der Waals surface area (Å²) in [6.07, 6.45) is 3.27. The highest BCUT2D eigenvalue weighted by molar-refractivity contribution is 5.43. The monoisotopic (exact) mass is 227 g/mol. The van der Waals surface area contributed by atoms with Gasteiger partial charge in [0.2, 0.25) is 0 Å². The quantitative estimate of drug-likeness (QED) is 0.699. The summed E-state index contributed by atoms with van der Waals surface area (Å²) < 4.78 is 17.7. The number of pyridine rings is 1. The van der Waals surface area contributed by atoms with Crippen molar-refractivity contribution in [3.8, 4) is 17.6 Å². The molecule has 84 valence electrons. The van der Waals surface area contributed by atoms with Crippen molar-refractivity contribution in [2.45, 2.75) is 0 Å². The van der Waals surface area contributed by atoms with Crippen LogP contribution in [0.1, 0.15) is 11.1 Å². The van der Waals surface area contributed by atoms with Gasteiger partial charge in [-0.25, -0.2) is 4.39 Å². The van der Waals surface area contributed by atoms with Gasteiger partial charge < -0.3 is 4.74 Å². The Labute approximate surface area is 99.1 Å². The number of methoxy groups -OCH3 is 1. The van der Waals surface area contributed by atoms with Crippen LogP contribution >= 0.6 is 0 Å². The average molecular weight is 227 g/mol. The predicted octanol–water partition coefficient (Wildman–Crippen LogP) is 2.63. The molecule has 0 spiro atoms. The molecule has 0 saturated carbocycles. The van der Waals surface area contributed by atoms with Gasteiger partial charge in [0.25, 0.3) is 0 Å². The van der Waals surface area contributed by atoms with Crippen molar-refractivity contribution in [2.24, 2.45) is 0 Å². The standard InChI is InChI=1S/C14H10FNO/c1-17-14-8-12(9-16-10-14)3-2-11-4-6-13(15)7-5-11/h4-10H,1H3. The molecule has 0 saturated heterocycles.